The molecule has 1 aromatic carbocycles. The van der Waals surface area contributed by atoms with Gasteiger partial charge in [-0.25, -0.2) is 0 Å². The first-order valence-corrected chi connectivity index (χ1v) is 6.45. The van der Waals surface area contributed by atoms with Gasteiger partial charge in [0.2, 0.25) is 0 Å². The molecule has 0 saturated heterocycles. The number of thioether (sulfide) groups is 1. The number of ketones is 1. The quantitative estimate of drug-likeness (QED) is 0.513. The summed E-state index contributed by atoms with van der Waals surface area (Å²) < 4.78 is 0. The second-order valence-electron chi connectivity index (χ2n) is 3.67. The highest BCUT2D eigenvalue weighted by Gasteiger charge is 1.95. The molecular formula is C13H18OS. The summed E-state index contributed by atoms with van der Waals surface area (Å²) in [6, 6.07) is 10.5. The first-order valence-electron chi connectivity index (χ1n) is 5.46. The van der Waals surface area contributed by atoms with Crippen LogP contribution >= 0.6 is 11.8 Å². The topological polar surface area (TPSA) is 17.1 Å². The SMILES string of the molecule is CC(=O)CCCCCSc1ccccc1. The molecular weight excluding hydrogens is 204 g/mol. The van der Waals surface area contributed by atoms with Crippen LogP contribution in [0.25, 0.3) is 0 Å². The molecule has 82 valence electrons. The van der Waals surface area contributed by atoms with Gasteiger partial charge in [-0.15, -0.1) is 11.8 Å². The molecule has 0 unspecified atom stereocenters. The third-order valence-corrected chi connectivity index (χ3v) is 3.28. The first kappa shape index (κ1) is 12.3. The number of unbranched alkanes of at least 4 members (excludes halogenated alkanes) is 2. The van der Waals surface area contributed by atoms with Crippen molar-refractivity contribution in [2.45, 2.75) is 37.5 Å². The Morgan fingerprint density at radius 1 is 1.13 bits per heavy atom. The van der Waals surface area contributed by atoms with Crippen LogP contribution in [0.1, 0.15) is 32.6 Å². The van der Waals surface area contributed by atoms with E-state index in [1.54, 1.807) is 6.92 Å². The van der Waals surface area contributed by atoms with Crippen molar-refractivity contribution < 1.29 is 4.79 Å². The maximum atomic E-state index is 10.7. The van der Waals surface area contributed by atoms with Gasteiger partial charge in [-0.3, -0.25) is 0 Å². The van der Waals surface area contributed by atoms with Gasteiger partial charge in [0, 0.05) is 11.3 Å². The lowest BCUT2D eigenvalue weighted by molar-refractivity contribution is -0.117. The van der Waals surface area contributed by atoms with Crippen LogP contribution < -0.4 is 0 Å². The smallest absolute Gasteiger partial charge is 0.129 e. The van der Waals surface area contributed by atoms with E-state index in [4.69, 9.17) is 0 Å². The van der Waals surface area contributed by atoms with Crippen molar-refractivity contribution >= 4 is 17.5 Å². The predicted molar refractivity (Wildman–Crippen MR) is 66.3 cm³/mol. The van der Waals surface area contributed by atoms with Gasteiger partial charge in [-0.1, -0.05) is 24.6 Å². The van der Waals surface area contributed by atoms with Gasteiger partial charge < -0.3 is 4.79 Å². The second kappa shape index (κ2) is 7.52. The van der Waals surface area contributed by atoms with E-state index in [0.717, 1.165) is 18.6 Å². The summed E-state index contributed by atoms with van der Waals surface area (Å²) in [5, 5.41) is 0. The van der Waals surface area contributed by atoms with Crippen molar-refractivity contribution in [2.24, 2.45) is 0 Å². The molecule has 0 aliphatic carbocycles. The Morgan fingerprint density at radius 3 is 2.53 bits per heavy atom. The number of benzene rings is 1. The molecule has 0 amide bonds. The molecule has 0 radical (unpaired) electrons. The molecule has 0 atom stereocenters. The van der Waals surface area contributed by atoms with Gasteiger partial charge in [-0.05, 0) is 37.7 Å². The van der Waals surface area contributed by atoms with Crippen molar-refractivity contribution in [3.8, 4) is 0 Å². The predicted octanol–water partition coefficient (Wildman–Crippen LogP) is 3.93. The van der Waals surface area contributed by atoms with Crippen LogP contribution in [0.4, 0.5) is 0 Å². The minimum Gasteiger partial charge on any atom is -0.300 e. The summed E-state index contributed by atoms with van der Waals surface area (Å²) in [7, 11) is 0. The van der Waals surface area contributed by atoms with E-state index in [2.05, 4.69) is 24.3 Å². The summed E-state index contributed by atoms with van der Waals surface area (Å²) in [5.41, 5.74) is 0. The highest BCUT2D eigenvalue weighted by Crippen LogP contribution is 2.18. The van der Waals surface area contributed by atoms with Crippen LogP contribution in [0.2, 0.25) is 0 Å². The van der Waals surface area contributed by atoms with Crippen LogP contribution in [0.15, 0.2) is 35.2 Å². The lowest BCUT2D eigenvalue weighted by Crippen LogP contribution is -1.89. The molecule has 0 aliphatic rings. The lowest BCUT2D eigenvalue weighted by Gasteiger charge is -2.00. The zero-order valence-electron chi connectivity index (χ0n) is 9.24. The zero-order chi connectivity index (χ0) is 10.9. The second-order valence-corrected chi connectivity index (χ2v) is 4.84. The zero-order valence-corrected chi connectivity index (χ0v) is 10.1. The van der Waals surface area contributed by atoms with Gasteiger partial charge in [-0.2, -0.15) is 0 Å². The van der Waals surface area contributed by atoms with Crippen molar-refractivity contribution in [1.82, 2.24) is 0 Å². The summed E-state index contributed by atoms with van der Waals surface area (Å²) >= 11 is 1.89. The summed E-state index contributed by atoms with van der Waals surface area (Å²) in [6.07, 6.45) is 4.16. The molecule has 1 rings (SSSR count). The molecule has 0 saturated carbocycles. The average Bonchev–Trinajstić information content (AvgIpc) is 2.24. The van der Waals surface area contributed by atoms with Gasteiger partial charge in [0.25, 0.3) is 0 Å². The van der Waals surface area contributed by atoms with Crippen LogP contribution in [0, 0.1) is 0 Å². The third-order valence-electron chi connectivity index (χ3n) is 2.19. The Balaban J connectivity index is 2.00. The highest BCUT2D eigenvalue weighted by atomic mass is 32.2. The Hall–Kier alpha value is -0.760. The van der Waals surface area contributed by atoms with Crippen molar-refractivity contribution in [1.29, 1.82) is 0 Å². The molecule has 0 spiro atoms. The minimum atomic E-state index is 0.311. The van der Waals surface area contributed by atoms with E-state index < -0.39 is 0 Å². The fraction of sp³-hybridized carbons (Fsp3) is 0.462. The number of Topliss-reactive ketones (excluding diaryl/α,β-unsaturated/α-hetero) is 1. The van der Waals surface area contributed by atoms with Crippen LogP contribution in [0.3, 0.4) is 0 Å². The van der Waals surface area contributed by atoms with Gasteiger partial charge >= 0.3 is 0 Å². The first-order chi connectivity index (χ1) is 7.29. The average molecular weight is 222 g/mol. The summed E-state index contributed by atoms with van der Waals surface area (Å²) in [5.74, 6) is 1.47. The summed E-state index contributed by atoms with van der Waals surface area (Å²) in [6.45, 7) is 1.67. The van der Waals surface area contributed by atoms with Crippen molar-refractivity contribution in [2.75, 3.05) is 5.75 Å². The lowest BCUT2D eigenvalue weighted by atomic mass is 10.2. The number of hydrogen-bond donors (Lipinski definition) is 0. The van der Waals surface area contributed by atoms with E-state index in [-0.39, 0.29) is 0 Å². The molecule has 15 heavy (non-hydrogen) atoms. The monoisotopic (exact) mass is 222 g/mol. The van der Waals surface area contributed by atoms with Gasteiger partial charge in [0.15, 0.2) is 0 Å². The van der Waals surface area contributed by atoms with Crippen molar-refractivity contribution in [3.63, 3.8) is 0 Å². The maximum absolute atomic E-state index is 10.7. The molecule has 0 bridgehead atoms. The normalized spacial score (nSPS) is 10.2. The molecule has 0 aromatic heterocycles. The molecule has 1 nitrogen and oxygen atoms in total. The van der Waals surface area contributed by atoms with Crippen LogP contribution in [0.5, 0.6) is 0 Å². The number of carbonyl (C=O) groups excluding carboxylic acids is 1. The van der Waals surface area contributed by atoms with E-state index in [9.17, 15) is 4.79 Å². The van der Waals surface area contributed by atoms with Gasteiger partial charge in [0.1, 0.15) is 5.78 Å². The molecule has 2 heteroatoms. The Labute approximate surface area is 96.3 Å². The minimum absolute atomic E-state index is 0.311. The van der Waals surface area contributed by atoms with Crippen molar-refractivity contribution in [3.05, 3.63) is 30.3 Å². The fourth-order valence-corrected chi connectivity index (χ4v) is 2.29. The van der Waals surface area contributed by atoms with Crippen LogP contribution in [-0.4, -0.2) is 11.5 Å². The molecule has 0 aliphatic heterocycles. The van der Waals surface area contributed by atoms with E-state index in [1.807, 2.05) is 17.8 Å². The number of rotatable bonds is 7. The highest BCUT2D eigenvalue weighted by molar-refractivity contribution is 7.99. The molecule has 0 fully saturated rings. The molecule has 1 aromatic rings. The van der Waals surface area contributed by atoms with Gasteiger partial charge in [0.05, 0.1) is 0 Å². The number of hydrogen-bond acceptors (Lipinski definition) is 2. The summed E-state index contributed by atoms with van der Waals surface area (Å²) in [4.78, 5) is 12.0. The van der Waals surface area contributed by atoms with E-state index in [0.29, 0.717) is 5.78 Å². The standard InChI is InChI=1S/C13H18OS/c1-12(14)8-4-3-7-11-15-13-9-5-2-6-10-13/h2,5-6,9-10H,3-4,7-8,11H2,1H3. The Morgan fingerprint density at radius 2 is 1.87 bits per heavy atom. The molecule has 0 N–H and O–H groups in total. The number of carbonyl (C=O) groups is 1. The Bertz CT molecular complexity index is 282. The largest absolute Gasteiger partial charge is 0.300 e. The maximum Gasteiger partial charge on any atom is 0.129 e. The fourth-order valence-electron chi connectivity index (χ4n) is 1.36. The molecule has 0 heterocycles. The van der Waals surface area contributed by atoms with E-state index in [1.165, 1.54) is 17.7 Å². The Kier molecular flexibility index (Phi) is 6.17. The van der Waals surface area contributed by atoms with Crippen LogP contribution in [-0.2, 0) is 4.79 Å². The van der Waals surface area contributed by atoms with E-state index >= 15 is 0 Å². The third kappa shape index (κ3) is 6.34.